The van der Waals surface area contributed by atoms with Gasteiger partial charge in [-0.1, -0.05) is 13.8 Å². The average Bonchev–Trinajstić information content (AvgIpc) is 2.32. The molecule has 0 saturated heterocycles. The van der Waals surface area contributed by atoms with Gasteiger partial charge in [0.05, 0.1) is 33.0 Å². The Morgan fingerprint density at radius 3 is 1.71 bits per heavy atom. The van der Waals surface area contributed by atoms with Crippen LogP contribution in [0.15, 0.2) is 0 Å². The Morgan fingerprint density at radius 1 is 1.00 bits per heavy atom. The fourth-order valence-corrected chi connectivity index (χ4v) is 1.04. The van der Waals surface area contributed by atoms with Gasteiger partial charge < -0.3 is 14.6 Å². The number of carbonyl (C=O) groups is 2. The molecule has 0 aromatic carbocycles. The average molecular weight is 247 g/mol. The maximum atomic E-state index is 11.2. The van der Waals surface area contributed by atoms with Crippen LogP contribution < -0.4 is 0 Å². The third kappa shape index (κ3) is 8.65. The molecule has 0 radical (unpaired) electrons. The summed E-state index contributed by atoms with van der Waals surface area (Å²) in [6.07, 6.45) is 1.48. The molecule has 6 heteroatoms. The van der Waals surface area contributed by atoms with Crippen molar-refractivity contribution in [3.63, 3.8) is 0 Å². The third-order valence-electron chi connectivity index (χ3n) is 1.84. The van der Waals surface area contributed by atoms with Gasteiger partial charge in [-0.15, -0.1) is 0 Å². The van der Waals surface area contributed by atoms with E-state index in [4.69, 9.17) is 14.6 Å². The molecule has 0 saturated carbocycles. The van der Waals surface area contributed by atoms with Crippen LogP contribution in [0.1, 0.15) is 26.7 Å². The summed E-state index contributed by atoms with van der Waals surface area (Å²) in [5.74, 6) is -0.909. The van der Waals surface area contributed by atoms with Crippen molar-refractivity contribution < 1.29 is 24.2 Å². The number of esters is 2. The molecule has 100 valence electrons. The zero-order valence-corrected chi connectivity index (χ0v) is 10.5. The number of hydrogen-bond donors (Lipinski definition) is 1. The minimum absolute atomic E-state index is 0.113. The molecule has 0 aromatic rings. The van der Waals surface area contributed by atoms with Crippen molar-refractivity contribution in [2.75, 3.05) is 33.0 Å². The number of rotatable bonds is 9. The lowest BCUT2D eigenvalue weighted by Gasteiger charge is -2.17. The van der Waals surface area contributed by atoms with Crippen molar-refractivity contribution in [2.45, 2.75) is 26.7 Å². The molecule has 17 heavy (non-hydrogen) atoms. The SMILES string of the molecule is CCCOC(=O)CN(CO)CC(=O)OCCC. The van der Waals surface area contributed by atoms with Gasteiger partial charge in [0.1, 0.15) is 0 Å². The predicted octanol–water partition coefficient (Wildman–Crippen LogP) is 0.145. The first-order valence-corrected chi connectivity index (χ1v) is 5.78. The van der Waals surface area contributed by atoms with Gasteiger partial charge in [0.15, 0.2) is 0 Å². The van der Waals surface area contributed by atoms with Crippen molar-refractivity contribution in [2.24, 2.45) is 0 Å². The van der Waals surface area contributed by atoms with Gasteiger partial charge in [0.25, 0.3) is 0 Å². The molecule has 0 unspecified atom stereocenters. The summed E-state index contributed by atoms with van der Waals surface area (Å²) in [6.45, 7) is 3.85. The summed E-state index contributed by atoms with van der Waals surface area (Å²) in [6, 6.07) is 0. The summed E-state index contributed by atoms with van der Waals surface area (Å²) >= 11 is 0. The molecule has 0 spiro atoms. The molecule has 0 rings (SSSR count). The zero-order valence-electron chi connectivity index (χ0n) is 10.5. The zero-order chi connectivity index (χ0) is 13.1. The Bertz CT molecular complexity index is 210. The van der Waals surface area contributed by atoms with Crippen LogP contribution in [0.3, 0.4) is 0 Å². The highest BCUT2D eigenvalue weighted by atomic mass is 16.5. The van der Waals surface area contributed by atoms with Crippen molar-refractivity contribution >= 4 is 11.9 Å². The molecule has 0 aromatic heterocycles. The highest BCUT2D eigenvalue weighted by Gasteiger charge is 2.15. The highest BCUT2D eigenvalue weighted by Crippen LogP contribution is 1.93. The first-order valence-electron chi connectivity index (χ1n) is 5.78. The molecular weight excluding hydrogens is 226 g/mol. The van der Waals surface area contributed by atoms with E-state index in [1.165, 1.54) is 4.90 Å². The molecule has 0 bridgehead atoms. The first-order chi connectivity index (χ1) is 8.13. The van der Waals surface area contributed by atoms with E-state index in [2.05, 4.69) is 0 Å². The van der Waals surface area contributed by atoms with Crippen molar-refractivity contribution in [3.05, 3.63) is 0 Å². The van der Waals surface area contributed by atoms with Gasteiger partial charge in [0.2, 0.25) is 0 Å². The first kappa shape index (κ1) is 15.9. The monoisotopic (exact) mass is 247 g/mol. The van der Waals surface area contributed by atoms with Crippen molar-refractivity contribution in [1.29, 1.82) is 0 Å². The second kappa shape index (κ2) is 10.0. The Kier molecular flexibility index (Phi) is 9.37. The van der Waals surface area contributed by atoms with Gasteiger partial charge in [-0.3, -0.25) is 14.5 Å². The highest BCUT2D eigenvalue weighted by molar-refractivity contribution is 5.74. The van der Waals surface area contributed by atoms with Crippen LogP contribution in [0.5, 0.6) is 0 Å². The van der Waals surface area contributed by atoms with Crippen molar-refractivity contribution in [3.8, 4) is 0 Å². The molecule has 0 fully saturated rings. The third-order valence-corrected chi connectivity index (χ3v) is 1.84. The van der Waals surface area contributed by atoms with Crippen LogP contribution in [0.4, 0.5) is 0 Å². The standard InChI is InChI=1S/C11H21NO5/c1-3-5-16-10(14)7-12(9-13)8-11(15)17-6-4-2/h13H,3-9H2,1-2H3. The van der Waals surface area contributed by atoms with Gasteiger partial charge in [-0.2, -0.15) is 0 Å². The molecule has 0 heterocycles. The van der Waals surface area contributed by atoms with Crippen molar-refractivity contribution in [1.82, 2.24) is 4.90 Å². The van der Waals surface area contributed by atoms with Crippen LogP contribution in [-0.4, -0.2) is 55.0 Å². The number of aliphatic hydroxyl groups excluding tert-OH is 1. The summed E-state index contributed by atoms with van der Waals surface area (Å²) in [5, 5.41) is 8.99. The molecule has 1 N–H and O–H groups in total. The molecule has 0 aliphatic heterocycles. The lowest BCUT2D eigenvalue weighted by atomic mass is 10.5. The van der Waals surface area contributed by atoms with E-state index in [1.807, 2.05) is 13.8 Å². The second-order valence-corrected chi connectivity index (χ2v) is 3.57. The normalized spacial score (nSPS) is 10.4. The predicted molar refractivity (Wildman–Crippen MR) is 61.2 cm³/mol. The summed E-state index contributed by atoms with van der Waals surface area (Å²) < 4.78 is 9.68. The van der Waals surface area contributed by atoms with Gasteiger partial charge in [-0.25, -0.2) is 0 Å². The fraction of sp³-hybridized carbons (Fsp3) is 0.818. The quantitative estimate of drug-likeness (QED) is 0.461. The Balaban J connectivity index is 3.89. The summed E-state index contributed by atoms with van der Waals surface area (Å²) in [5.41, 5.74) is 0. The Hall–Kier alpha value is -1.14. The van der Waals surface area contributed by atoms with Crippen LogP contribution in [0.25, 0.3) is 0 Å². The summed E-state index contributed by atoms with van der Waals surface area (Å²) in [4.78, 5) is 23.7. The maximum absolute atomic E-state index is 11.2. The van der Waals surface area contributed by atoms with E-state index >= 15 is 0 Å². The second-order valence-electron chi connectivity index (χ2n) is 3.57. The van der Waals surface area contributed by atoms with Gasteiger partial charge >= 0.3 is 11.9 Å². The van der Waals surface area contributed by atoms with E-state index < -0.39 is 11.9 Å². The molecule has 0 aliphatic rings. The van der Waals surface area contributed by atoms with E-state index in [-0.39, 0.29) is 19.8 Å². The number of aliphatic hydroxyl groups is 1. The van der Waals surface area contributed by atoms with Crippen LogP contribution >= 0.6 is 0 Å². The minimum Gasteiger partial charge on any atom is -0.465 e. The minimum atomic E-state index is -0.454. The van der Waals surface area contributed by atoms with E-state index in [0.717, 1.165) is 12.8 Å². The topological polar surface area (TPSA) is 76.1 Å². The molecule has 0 aliphatic carbocycles. The fourth-order valence-electron chi connectivity index (χ4n) is 1.04. The Labute approximate surface area is 101 Å². The van der Waals surface area contributed by atoms with Crippen LogP contribution in [0.2, 0.25) is 0 Å². The Morgan fingerprint density at radius 2 is 1.41 bits per heavy atom. The smallest absolute Gasteiger partial charge is 0.320 e. The maximum Gasteiger partial charge on any atom is 0.320 e. The van der Waals surface area contributed by atoms with Crippen LogP contribution in [-0.2, 0) is 19.1 Å². The van der Waals surface area contributed by atoms with E-state index in [1.54, 1.807) is 0 Å². The lowest BCUT2D eigenvalue weighted by Crippen LogP contribution is -2.36. The molecular formula is C11H21NO5. The molecule has 6 nitrogen and oxygen atoms in total. The van der Waals surface area contributed by atoms with Crippen LogP contribution in [0, 0.1) is 0 Å². The number of ether oxygens (including phenoxy) is 2. The van der Waals surface area contributed by atoms with E-state index in [9.17, 15) is 9.59 Å². The number of hydrogen-bond acceptors (Lipinski definition) is 6. The molecule has 0 amide bonds. The number of carbonyl (C=O) groups excluding carboxylic acids is 2. The van der Waals surface area contributed by atoms with Gasteiger partial charge in [-0.05, 0) is 12.8 Å². The largest absolute Gasteiger partial charge is 0.465 e. The van der Waals surface area contributed by atoms with Gasteiger partial charge in [0, 0.05) is 0 Å². The summed E-state index contributed by atoms with van der Waals surface area (Å²) in [7, 11) is 0. The lowest BCUT2D eigenvalue weighted by molar-refractivity contribution is -0.150. The van der Waals surface area contributed by atoms with E-state index in [0.29, 0.717) is 13.2 Å². The number of nitrogens with zero attached hydrogens (tertiary/aromatic N) is 1. The molecule has 0 atom stereocenters.